The van der Waals surface area contributed by atoms with Crippen molar-refractivity contribution in [2.45, 2.75) is 26.3 Å². The topological polar surface area (TPSA) is 29.9 Å². The molecule has 1 heterocycles. The number of unbranched alkanes of at least 4 members (excludes halogenated alkanes) is 1. The number of nitrogens with zero attached hydrogens (tertiary/aromatic N) is 2. The summed E-state index contributed by atoms with van der Waals surface area (Å²) in [6, 6.07) is 0. The van der Waals surface area contributed by atoms with E-state index in [1.807, 2.05) is 10.9 Å². The van der Waals surface area contributed by atoms with Gasteiger partial charge < -0.3 is 5.32 Å². The van der Waals surface area contributed by atoms with Gasteiger partial charge in [0.05, 0.1) is 11.2 Å². The second kappa shape index (κ2) is 6.00. The molecule has 0 aliphatic rings. The molecule has 0 bridgehead atoms. The number of halogens is 1. The van der Waals surface area contributed by atoms with Gasteiger partial charge >= 0.3 is 0 Å². The minimum Gasteiger partial charge on any atom is -0.317 e. The summed E-state index contributed by atoms with van der Waals surface area (Å²) < 4.78 is 1.88. The van der Waals surface area contributed by atoms with E-state index in [9.17, 15) is 0 Å². The first-order valence-electron chi connectivity index (χ1n) is 4.71. The highest BCUT2D eigenvalue weighted by Crippen LogP contribution is 2.05. The van der Waals surface area contributed by atoms with E-state index in [2.05, 4.69) is 17.3 Å². The molecule has 0 aliphatic carbocycles. The molecule has 1 aromatic rings. The molecule has 0 aliphatic heterocycles. The van der Waals surface area contributed by atoms with E-state index in [0.717, 1.165) is 26.1 Å². The third kappa shape index (κ3) is 4.29. The molecule has 1 rings (SSSR count). The minimum atomic E-state index is 0.715. The van der Waals surface area contributed by atoms with Crippen molar-refractivity contribution in [1.82, 2.24) is 15.1 Å². The Morgan fingerprint density at radius 1 is 1.54 bits per heavy atom. The van der Waals surface area contributed by atoms with Gasteiger partial charge in [0.15, 0.2) is 0 Å². The Morgan fingerprint density at radius 3 is 3.00 bits per heavy atom. The maximum Gasteiger partial charge on any atom is 0.0785 e. The Balaban J connectivity index is 2.06. The molecule has 13 heavy (non-hydrogen) atoms. The van der Waals surface area contributed by atoms with E-state index in [0.29, 0.717) is 5.02 Å². The van der Waals surface area contributed by atoms with Gasteiger partial charge in [-0.1, -0.05) is 18.5 Å². The normalized spacial score (nSPS) is 10.6. The molecule has 0 unspecified atom stereocenters. The maximum absolute atomic E-state index is 5.73. The van der Waals surface area contributed by atoms with E-state index < -0.39 is 0 Å². The summed E-state index contributed by atoms with van der Waals surface area (Å²) in [6.45, 7) is 5.21. The highest BCUT2D eigenvalue weighted by Gasteiger charge is 1.94. The Morgan fingerprint density at radius 2 is 2.38 bits per heavy atom. The summed E-state index contributed by atoms with van der Waals surface area (Å²) in [7, 11) is 0. The van der Waals surface area contributed by atoms with Gasteiger partial charge in [0.2, 0.25) is 0 Å². The molecular formula is C9H16ClN3. The van der Waals surface area contributed by atoms with E-state index in [1.54, 1.807) is 6.20 Å². The minimum absolute atomic E-state index is 0.715. The smallest absolute Gasteiger partial charge is 0.0785 e. The quantitative estimate of drug-likeness (QED) is 0.713. The molecule has 4 heteroatoms. The van der Waals surface area contributed by atoms with Gasteiger partial charge in [-0.25, -0.2) is 0 Å². The molecule has 74 valence electrons. The van der Waals surface area contributed by atoms with Crippen LogP contribution in [-0.4, -0.2) is 22.9 Å². The lowest BCUT2D eigenvalue weighted by Crippen LogP contribution is -2.14. The molecule has 3 nitrogen and oxygen atoms in total. The maximum atomic E-state index is 5.73. The van der Waals surface area contributed by atoms with Gasteiger partial charge in [0.1, 0.15) is 0 Å². The lowest BCUT2D eigenvalue weighted by Gasteiger charge is -2.01. The summed E-state index contributed by atoms with van der Waals surface area (Å²) in [4.78, 5) is 0. The molecule has 0 amide bonds. The van der Waals surface area contributed by atoms with Crippen LogP contribution in [0.25, 0.3) is 0 Å². The summed E-state index contributed by atoms with van der Waals surface area (Å²) in [6.07, 6.45) is 5.86. The van der Waals surface area contributed by atoms with Gasteiger partial charge in [-0.15, -0.1) is 0 Å². The van der Waals surface area contributed by atoms with Gasteiger partial charge in [0.25, 0.3) is 0 Å². The number of rotatable bonds is 6. The Labute approximate surface area is 84.1 Å². The summed E-state index contributed by atoms with van der Waals surface area (Å²) in [5.41, 5.74) is 0. The zero-order chi connectivity index (χ0) is 9.52. The van der Waals surface area contributed by atoms with Crippen LogP contribution in [-0.2, 0) is 6.54 Å². The van der Waals surface area contributed by atoms with E-state index in [1.165, 1.54) is 6.42 Å². The fraction of sp³-hybridized carbons (Fsp3) is 0.667. The van der Waals surface area contributed by atoms with Crippen LogP contribution in [0.4, 0.5) is 0 Å². The zero-order valence-electron chi connectivity index (χ0n) is 7.96. The first kappa shape index (κ1) is 10.5. The molecule has 0 fully saturated rings. The zero-order valence-corrected chi connectivity index (χ0v) is 8.72. The Kier molecular flexibility index (Phi) is 4.86. The average molecular weight is 202 g/mol. The van der Waals surface area contributed by atoms with Gasteiger partial charge in [-0.2, -0.15) is 5.10 Å². The second-order valence-corrected chi connectivity index (χ2v) is 3.42. The molecule has 1 aromatic heterocycles. The van der Waals surface area contributed by atoms with Crippen molar-refractivity contribution in [3.8, 4) is 0 Å². The van der Waals surface area contributed by atoms with Gasteiger partial charge in [-0.3, -0.25) is 4.68 Å². The molecule has 1 N–H and O–H groups in total. The molecule has 0 spiro atoms. The standard InChI is InChI=1S/C9H16ClN3/c1-2-11-5-3-4-6-13-8-9(10)7-12-13/h7-8,11H,2-6H2,1H3. The lowest BCUT2D eigenvalue weighted by atomic mass is 10.3. The lowest BCUT2D eigenvalue weighted by molar-refractivity contribution is 0.540. The largest absolute Gasteiger partial charge is 0.317 e. The molecule has 0 saturated carbocycles. The van der Waals surface area contributed by atoms with Gasteiger partial charge in [0, 0.05) is 12.7 Å². The predicted octanol–water partition coefficient (Wildman–Crippen LogP) is 1.93. The molecule has 0 aromatic carbocycles. The molecule has 0 atom stereocenters. The number of hydrogen-bond acceptors (Lipinski definition) is 2. The van der Waals surface area contributed by atoms with E-state index >= 15 is 0 Å². The Hall–Kier alpha value is -0.540. The first-order valence-corrected chi connectivity index (χ1v) is 5.09. The number of aromatic nitrogens is 2. The van der Waals surface area contributed by atoms with Crippen molar-refractivity contribution < 1.29 is 0 Å². The summed E-state index contributed by atoms with van der Waals surface area (Å²) in [5.74, 6) is 0. The van der Waals surface area contributed by atoms with Crippen LogP contribution in [0.3, 0.4) is 0 Å². The van der Waals surface area contributed by atoms with Crippen molar-refractivity contribution >= 4 is 11.6 Å². The van der Waals surface area contributed by atoms with Crippen LogP contribution in [0.5, 0.6) is 0 Å². The van der Waals surface area contributed by atoms with Crippen molar-refractivity contribution in [3.63, 3.8) is 0 Å². The number of nitrogens with one attached hydrogen (secondary N) is 1. The molecular weight excluding hydrogens is 186 g/mol. The summed E-state index contributed by atoms with van der Waals surface area (Å²) in [5, 5.41) is 8.10. The van der Waals surface area contributed by atoms with Crippen molar-refractivity contribution in [3.05, 3.63) is 17.4 Å². The average Bonchev–Trinajstić information content (AvgIpc) is 2.51. The highest BCUT2D eigenvalue weighted by atomic mass is 35.5. The van der Waals surface area contributed by atoms with Crippen LogP contribution in [0.15, 0.2) is 12.4 Å². The predicted molar refractivity (Wildman–Crippen MR) is 55.0 cm³/mol. The van der Waals surface area contributed by atoms with Gasteiger partial charge in [-0.05, 0) is 25.9 Å². The summed E-state index contributed by atoms with van der Waals surface area (Å²) >= 11 is 5.73. The van der Waals surface area contributed by atoms with Crippen LogP contribution in [0.2, 0.25) is 5.02 Å². The van der Waals surface area contributed by atoms with Crippen molar-refractivity contribution in [1.29, 1.82) is 0 Å². The Bertz CT molecular complexity index is 235. The molecule has 0 saturated heterocycles. The first-order chi connectivity index (χ1) is 6.33. The van der Waals surface area contributed by atoms with Crippen molar-refractivity contribution in [2.24, 2.45) is 0 Å². The molecule has 0 radical (unpaired) electrons. The highest BCUT2D eigenvalue weighted by molar-refractivity contribution is 6.30. The number of aryl methyl sites for hydroxylation is 1. The SMILES string of the molecule is CCNCCCCn1cc(Cl)cn1. The van der Waals surface area contributed by atoms with Crippen LogP contribution < -0.4 is 5.32 Å². The second-order valence-electron chi connectivity index (χ2n) is 2.98. The van der Waals surface area contributed by atoms with Crippen LogP contribution >= 0.6 is 11.6 Å². The fourth-order valence-electron chi connectivity index (χ4n) is 1.16. The fourth-order valence-corrected chi connectivity index (χ4v) is 1.32. The third-order valence-electron chi connectivity index (χ3n) is 1.84. The van der Waals surface area contributed by atoms with Crippen molar-refractivity contribution in [2.75, 3.05) is 13.1 Å². The number of hydrogen-bond donors (Lipinski definition) is 1. The van der Waals surface area contributed by atoms with Crippen LogP contribution in [0.1, 0.15) is 19.8 Å². The monoisotopic (exact) mass is 201 g/mol. The third-order valence-corrected chi connectivity index (χ3v) is 2.04. The van der Waals surface area contributed by atoms with E-state index in [-0.39, 0.29) is 0 Å². The van der Waals surface area contributed by atoms with Crippen LogP contribution in [0, 0.1) is 0 Å². The van der Waals surface area contributed by atoms with E-state index in [4.69, 9.17) is 11.6 Å².